The standard InChI is InChI=1S/C18H33N5O6S/c1-10(2)8-11(19)16(26)21-9-15(25)22-12(6-7-30-3)17(27)23-13(18(28)29)4-5-14(20)24/h10-13H,4-9,19H2,1-3H3,(H2,20,24)(H,21,26)(H,22,25)(H,23,27)(H,28,29). The van der Waals surface area contributed by atoms with Crippen LogP contribution in [-0.4, -0.2) is 71.4 Å². The monoisotopic (exact) mass is 447 g/mol. The molecule has 8 N–H and O–H groups in total. The average molecular weight is 448 g/mol. The number of amides is 4. The van der Waals surface area contributed by atoms with Gasteiger partial charge in [-0.05, 0) is 37.2 Å². The number of hydrogen-bond donors (Lipinski definition) is 6. The van der Waals surface area contributed by atoms with E-state index in [1.165, 1.54) is 11.8 Å². The predicted octanol–water partition coefficient (Wildman–Crippen LogP) is -1.45. The van der Waals surface area contributed by atoms with E-state index >= 15 is 0 Å². The lowest BCUT2D eigenvalue weighted by molar-refractivity contribution is -0.142. The zero-order chi connectivity index (χ0) is 23.3. The third kappa shape index (κ3) is 12.3. The van der Waals surface area contributed by atoms with Gasteiger partial charge in [0, 0.05) is 6.42 Å². The molecule has 12 heteroatoms. The van der Waals surface area contributed by atoms with Gasteiger partial charge in [-0.25, -0.2) is 4.79 Å². The van der Waals surface area contributed by atoms with Crippen molar-refractivity contribution in [3.05, 3.63) is 0 Å². The Hall–Kier alpha value is -2.34. The number of hydrogen-bond acceptors (Lipinski definition) is 7. The van der Waals surface area contributed by atoms with Crippen molar-refractivity contribution in [1.82, 2.24) is 16.0 Å². The first-order valence-electron chi connectivity index (χ1n) is 9.60. The molecule has 0 spiro atoms. The van der Waals surface area contributed by atoms with Gasteiger partial charge in [-0.15, -0.1) is 0 Å². The molecule has 0 bridgehead atoms. The van der Waals surface area contributed by atoms with Crippen LogP contribution in [0.25, 0.3) is 0 Å². The zero-order valence-corrected chi connectivity index (χ0v) is 18.4. The minimum Gasteiger partial charge on any atom is -0.480 e. The van der Waals surface area contributed by atoms with Gasteiger partial charge < -0.3 is 32.5 Å². The molecule has 3 atom stereocenters. The summed E-state index contributed by atoms with van der Waals surface area (Å²) in [6.45, 7) is 3.48. The van der Waals surface area contributed by atoms with Crippen molar-refractivity contribution in [2.75, 3.05) is 18.6 Å². The van der Waals surface area contributed by atoms with Crippen LogP contribution in [0.4, 0.5) is 0 Å². The molecule has 3 unspecified atom stereocenters. The van der Waals surface area contributed by atoms with Gasteiger partial charge in [0.1, 0.15) is 12.1 Å². The van der Waals surface area contributed by atoms with E-state index < -0.39 is 47.7 Å². The van der Waals surface area contributed by atoms with Crippen LogP contribution < -0.4 is 27.4 Å². The van der Waals surface area contributed by atoms with Crippen molar-refractivity contribution in [2.24, 2.45) is 17.4 Å². The highest BCUT2D eigenvalue weighted by Crippen LogP contribution is 2.04. The number of thioether (sulfide) groups is 1. The molecule has 11 nitrogen and oxygen atoms in total. The van der Waals surface area contributed by atoms with Gasteiger partial charge in [0.2, 0.25) is 23.6 Å². The summed E-state index contributed by atoms with van der Waals surface area (Å²) in [4.78, 5) is 58.8. The summed E-state index contributed by atoms with van der Waals surface area (Å²) in [5, 5.41) is 16.4. The average Bonchev–Trinajstić information content (AvgIpc) is 2.65. The second kappa shape index (κ2) is 14.6. The number of nitrogens with one attached hydrogen (secondary N) is 3. The fourth-order valence-corrected chi connectivity index (χ4v) is 2.95. The lowest BCUT2D eigenvalue weighted by Crippen LogP contribution is -2.54. The summed E-state index contributed by atoms with van der Waals surface area (Å²) in [5.74, 6) is -3.02. The molecule has 0 fully saturated rings. The highest BCUT2D eigenvalue weighted by atomic mass is 32.2. The van der Waals surface area contributed by atoms with Crippen LogP contribution in [-0.2, 0) is 24.0 Å². The molecule has 0 heterocycles. The van der Waals surface area contributed by atoms with E-state index in [-0.39, 0.29) is 31.7 Å². The Morgan fingerprint density at radius 2 is 1.63 bits per heavy atom. The summed E-state index contributed by atoms with van der Waals surface area (Å²) in [6.07, 6.45) is 2.17. The minimum atomic E-state index is -1.31. The Kier molecular flexibility index (Phi) is 13.5. The molecule has 4 amide bonds. The molecule has 30 heavy (non-hydrogen) atoms. The number of carboxylic acids is 1. The molecule has 0 radical (unpaired) electrons. The smallest absolute Gasteiger partial charge is 0.326 e. The quantitative estimate of drug-likeness (QED) is 0.175. The van der Waals surface area contributed by atoms with E-state index in [4.69, 9.17) is 11.5 Å². The number of primary amides is 1. The molecule has 172 valence electrons. The van der Waals surface area contributed by atoms with Crippen LogP contribution in [0.5, 0.6) is 0 Å². The van der Waals surface area contributed by atoms with Gasteiger partial charge in [0.25, 0.3) is 0 Å². The molecule has 0 aliphatic heterocycles. The van der Waals surface area contributed by atoms with Gasteiger partial charge in [-0.3, -0.25) is 19.2 Å². The van der Waals surface area contributed by atoms with Crippen LogP contribution in [0.1, 0.15) is 39.5 Å². The predicted molar refractivity (Wildman–Crippen MR) is 113 cm³/mol. The maximum Gasteiger partial charge on any atom is 0.326 e. The first-order valence-corrected chi connectivity index (χ1v) is 11.0. The minimum absolute atomic E-state index is 0.163. The van der Waals surface area contributed by atoms with E-state index in [1.807, 2.05) is 20.1 Å². The van der Waals surface area contributed by atoms with E-state index in [2.05, 4.69) is 16.0 Å². The number of carbonyl (C=O) groups excluding carboxylic acids is 4. The summed E-state index contributed by atoms with van der Waals surface area (Å²) >= 11 is 1.45. The Labute approximate surface area is 180 Å². The number of carboxylic acid groups (broad SMARTS) is 1. The SMILES string of the molecule is CSCCC(NC(=O)CNC(=O)C(N)CC(C)C)C(=O)NC(CCC(N)=O)C(=O)O. The fourth-order valence-electron chi connectivity index (χ4n) is 2.48. The maximum atomic E-state index is 12.5. The topological polar surface area (TPSA) is 194 Å². The van der Waals surface area contributed by atoms with Crippen molar-refractivity contribution < 1.29 is 29.1 Å². The zero-order valence-electron chi connectivity index (χ0n) is 17.6. The van der Waals surface area contributed by atoms with Crippen molar-refractivity contribution in [1.29, 1.82) is 0 Å². The van der Waals surface area contributed by atoms with Gasteiger partial charge in [-0.1, -0.05) is 13.8 Å². The van der Waals surface area contributed by atoms with Gasteiger partial charge in [0.15, 0.2) is 0 Å². The largest absolute Gasteiger partial charge is 0.480 e. The first kappa shape index (κ1) is 27.7. The highest BCUT2D eigenvalue weighted by Gasteiger charge is 2.27. The van der Waals surface area contributed by atoms with Gasteiger partial charge in [-0.2, -0.15) is 11.8 Å². The molecule has 0 aromatic rings. The number of carbonyl (C=O) groups is 5. The van der Waals surface area contributed by atoms with Gasteiger partial charge in [0.05, 0.1) is 12.6 Å². The molecule has 0 aliphatic rings. The summed E-state index contributed by atoms with van der Waals surface area (Å²) in [5.41, 5.74) is 10.8. The second-order valence-corrected chi connectivity index (χ2v) is 8.25. The number of nitrogens with two attached hydrogens (primary N) is 2. The van der Waals surface area contributed by atoms with E-state index in [9.17, 15) is 29.1 Å². The molecule has 0 aromatic carbocycles. The van der Waals surface area contributed by atoms with Crippen LogP contribution >= 0.6 is 11.8 Å². The highest BCUT2D eigenvalue weighted by molar-refractivity contribution is 7.98. The van der Waals surface area contributed by atoms with Crippen LogP contribution in [0.3, 0.4) is 0 Å². The van der Waals surface area contributed by atoms with Crippen molar-refractivity contribution in [3.63, 3.8) is 0 Å². The van der Waals surface area contributed by atoms with Crippen molar-refractivity contribution >= 4 is 41.4 Å². The third-order valence-electron chi connectivity index (χ3n) is 4.04. The lowest BCUT2D eigenvalue weighted by atomic mass is 10.0. The molecule has 0 aromatic heterocycles. The number of aliphatic carboxylic acids is 1. The Bertz CT molecular complexity index is 616. The van der Waals surface area contributed by atoms with Crippen molar-refractivity contribution in [3.8, 4) is 0 Å². The van der Waals surface area contributed by atoms with E-state index in [0.29, 0.717) is 12.2 Å². The Balaban J connectivity index is 4.86. The van der Waals surface area contributed by atoms with Crippen molar-refractivity contribution in [2.45, 2.75) is 57.7 Å². The van der Waals surface area contributed by atoms with Crippen LogP contribution in [0, 0.1) is 5.92 Å². The summed E-state index contributed by atoms with van der Waals surface area (Å²) in [7, 11) is 0. The fraction of sp³-hybridized carbons (Fsp3) is 0.722. The molecule has 0 saturated carbocycles. The second-order valence-electron chi connectivity index (χ2n) is 7.26. The summed E-state index contributed by atoms with van der Waals surface area (Å²) in [6, 6.07) is -3.05. The van der Waals surface area contributed by atoms with E-state index in [0.717, 1.165) is 0 Å². The van der Waals surface area contributed by atoms with Crippen LogP contribution in [0.2, 0.25) is 0 Å². The normalized spacial score (nSPS) is 13.8. The first-order chi connectivity index (χ1) is 14.0. The van der Waals surface area contributed by atoms with Crippen LogP contribution in [0.15, 0.2) is 0 Å². The Morgan fingerprint density at radius 3 is 2.13 bits per heavy atom. The lowest BCUT2D eigenvalue weighted by Gasteiger charge is -2.21. The molecule has 0 saturated heterocycles. The Morgan fingerprint density at radius 1 is 1.00 bits per heavy atom. The maximum absolute atomic E-state index is 12.5. The molecular formula is C18H33N5O6S. The third-order valence-corrected chi connectivity index (χ3v) is 4.69. The number of rotatable bonds is 15. The van der Waals surface area contributed by atoms with Gasteiger partial charge >= 0.3 is 5.97 Å². The molecular weight excluding hydrogens is 414 g/mol. The molecule has 0 rings (SSSR count). The van der Waals surface area contributed by atoms with E-state index in [1.54, 1.807) is 0 Å². The summed E-state index contributed by atoms with van der Waals surface area (Å²) < 4.78 is 0. The molecule has 0 aliphatic carbocycles.